The Kier molecular flexibility index (Phi) is 8.43. The highest BCUT2D eigenvalue weighted by molar-refractivity contribution is 9.10. The molecule has 9 heteroatoms. The Hall–Kier alpha value is -2.91. The normalized spacial score (nSPS) is 10.8. The van der Waals surface area contributed by atoms with Crippen molar-refractivity contribution in [1.82, 2.24) is 4.98 Å². The Labute approximate surface area is 193 Å². The van der Waals surface area contributed by atoms with Gasteiger partial charge >= 0.3 is 5.97 Å². The van der Waals surface area contributed by atoms with Gasteiger partial charge in [0.15, 0.2) is 11.5 Å². The van der Waals surface area contributed by atoms with E-state index in [0.29, 0.717) is 35.5 Å². The molecule has 0 aliphatic carbocycles. The van der Waals surface area contributed by atoms with Gasteiger partial charge in [0.1, 0.15) is 6.61 Å². The first-order chi connectivity index (χ1) is 15.1. The number of ether oxygens (including phenoxy) is 3. The third-order valence-electron chi connectivity index (χ3n) is 4.05. The minimum Gasteiger partial charge on any atom is -0.493 e. The molecule has 0 unspecified atom stereocenters. The molecule has 0 amide bonds. The number of hydrogen-bond donors (Lipinski definition) is 1. The summed E-state index contributed by atoms with van der Waals surface area (Å²) in [5.41, 5.74) is 5.31. The summed E-state index contributed by atoms with van der Waals surface area (Å²) in [6.45, 7) is 2.51. The van der Waals surface area contributed by atoms with Crippen LogP contribution in [0.5, 0.6) is 11.5 Å². The van der Waals surface area contributed by atoms with Crippen molar-refractivity contribution in [2.75, 3.05) is 19.1 Å². The van der Waals surface area contributed by atoms with Gasteiger partial charge in [-0.3, -0.25) is 10.2 Å². The lowest BCUT2D eigenvalue weighted by Gasteiger charge is -2.13. The minimum absolute atomic E-state index is 0.138. The van der Waals surface area contributed by atoms with Gasteiger partial charge in [0.05, 0.1) is 32.0 Å². The number of anilines is 1. The van der Waals surface area contributed by atoms with Crippen LogP contribution in [0.4, 0.5) is 5.13 Å². The molecule has 1 N–H and O–H groups in total. The summed E-state index contributed by atoms with van der Waals surface area (Å²) in [5.74, 6) is 0.911. The predicted molar refractivity (Wildman–Crippen MR) is 125 cm³/mol. The maximum atomic E-state index is 11.6. The van der Waals surface area contributed by atoms with Gasteiger partial charge < -0.3 is 14.2 Å². The van der Waals surface area contributed by atoms with Crippen LogP contribution in [-0.4, -0.2) is 30.9 Å². The molecule has 1 aromatic heterocycles. The van der Waals surface area contributed by atoms with E-state index in [1.54, 1.807) is 25.6 Å². The third kappa shape index (κ3) is 6.80. The maximum Gasteiger partial charge on any atom is 0.311 e. The molecule has 0 saturated heterocycles. The highest BCUT2D eigenvalue weighted by Crippen LogP contribution is 2.31. The maximum absolute atomic E-state index is 11.6. The van der Waals surface area contributed by atoms with E-state index in [2.05, 4.69) is 31.4 Å². The summed E-state index contributed by atoms with van der Waals surface area (Å²) < 4.78 is 17.4. The lowest BCUT2D eigenvalue weighted by atomic mass is 10.2. The summed E-state index contributed by atoms with van der Waals surface area (Å²) in [6.07, 6.45) is 1.78. The number of methoxy groups -OCH3 is 1. The molecule has 0 saturated carbocycles. The fourth-order valence-corrected chi connectivity index (χ4v) is 3.79. The van der Waals surface area contributed by atoms with Crippen LogP contribution in [0.1, 0.15) is 23.7 Å². The van der Waals surface area contributed by atoms with Crippen molar-refractivity contribution in [2.45, 2.75) is 20.0 Å². The zero-order valence-corrected chi connectivity index (χ0v) is 19.5. The summed E-state index contributed by atoms with van der Waals surface area (Å²) in [7, 11) is 1.60. The molecule has 7 nitrogen and oxygen atoms in total. The number of carbonyl (C=O) groups excluding carboxylic acids is 1. The van der Waals surface area contributed by atoms with Gasteiger partial charge in [-0.25, -0.2) is 4.98 Å². The SMILES string of the molecule is CCOC(=O)Cc1csc(NN=Cc2cccc(OC)c2OCc2cccc(Br)c2)n1. The van der Waals surface area contributed by atoms with Crippen LogP contribution in [0.2, 0.25) is 0 Å². The van der Waals surface area contributed by atoms with Crippen molar-refractivity contribution in [3.8, 4) is 11.5 Å². The van der Waals surface area contributed by atoms with E-state index in [-0.39, 0.29) is 12.4 Å². The first-order valence-corrected chi connectivity index (χ1v) is 11.2. The van der Waals surface area contributed by atoms with Crippen LogP contribution < -0.4 is 14.9 Å². The third-order valence-corrected chi connectivity index (χ3v) is 5.34. The lowest BCUT2D eigenvalue weighted by molar-refractivity contribution is -0.142. The number of esters is 1. The highest BCUT2D eigenvalue weighted by atomic mass is 79.9. The minimum atomic E-state index is -0.300. The van der Waals surface area contributed by atoms with Gasteiger partial charge in [0.25, 0.3) is 0 Å². The summed E-state index contributed by atoms with van der Waals surface area (Å²) >= 11 is 4.83. The molecular weight excluding hydrogens is 482 g/mol. The number of rotatable bonds is 10. The second-order valence-corrected chi connectivity index (χ2v) is 8.07. The van der Waals surface area contributed by atoms with Crippen LogP contribution >= 0.6 is 27.3 Å². The van der Waals surface area contributed by atoms with E-state index in [9.17, 15) is 4.79 Å². The van der Waals surface area contributed by atoms with E-state index < -0.39 is 0 Å². The van der Waals surface area contributed by atoms with Crippen LogP contribution in [-0.2, 0) is 22.6 Å². The summed E-state index contributed by atoms with van der Waals surface area (Å²) in [5, 5.41) is 6.64. The zero-order valence-electron chi connectivity index (χ0n) is 17.1. The monoisotopic (exact) mass is 503 g/mol. The molecule has 0 fully saturated rings. The molecule has 2 aromatic carbocycles. The number of para-hydroxylation sites is 1. The molecule has 0 aliphatic heterocycles. The number of nitrogens with zero attached hydrogens (tertiary/aromatic N) is 2. The second kappa shape index (κ2) is 11.5. The fraction of sp³-hybridized carbons (Fsp3) is 0.227. The number of aromatic nitrogens is 1. The standard InChI is InChI=1S/C22H22BrN3O4S/c1-3-29-20(27)11-18-14-31-22(25-18)26-24-12-16-7-5-9-19(28-2)21(16)30-13-15-6-4-8-17(23)10-15/h4-10,12,14H,3,11,13H2,1-2H3,(H,25,26). The van der Waals surface area contributed by atoms with E-state index in [1.807, 2.05) is 42.5 Å². The van der Waals surface area contributed by atoms with Crippen LogP contribution in [0.15, 0.2) is 57.4 Å². The second-order valence-electron chi connectivity index (χ2n) is 6.29. The van der Waals surface area contributed by atoms with Crippen molar-refractivity contribution < 1.29 is 19.0 Å². The Morgan fingerprint density at radius 1 is 1.29 bits per heavy atom. The van der Waals surface area contributed by atoms with Gasteiger partial charge in [-0.2, -0.15) is 5.10 Å². The molecule has 162 valence electrons. The van der Waals surface area contributed by atoms with Crippen molar-refractivity contribution in [1.29, 1.82) is 0 Å². The van der Waals surface area contributed by atoms with E-state index in [0.717, 1.165) is 15.6 Å². The van der Waals surface area contributed by atoms with Gasteiger partial charge in [0.2, 0.25) is 5.13 Å². The fourth-order valence-electron chi connectivity index (χ4n) is 2.69. The molecular formula is C22H22BrN3O4S. The first-order valence-electron chi connectivity index (χ1n) is 9.52. The Morgan fingerprint density at radius 3 is 2.90 bits per heavy atom. The van der Waals surface area contributed by atoms with Gasteiger partial charge in [-0.15, -0.1) is 11.3 Å². The molecule has 0 bridgehead atoms. The topological polar surface area (TPSA) is 82.0 Å². The molecule has 3 rings (SSSR count). The number of benzene rings is 2. The summed E-state index contributed by atoms with van der Waals surface area (Å²) in [6, 6.07) is 13.5. The molecule has 0 spiro atoms. The summed E-state index contributed by atoms with van der Waals surface area (Å²) in [4.78, 5) is 15.9. The molecule has 0 atom stereocenters. The highest BCUT2D eigenvalue weighted by Gasteiger charge is 2.11. The number of nitrogens with one attached hydrogen (secondary N) is 1. The van der Waals surface area contributed by atoms with Crippen LogP contribution in [0.3, 0.4) is 0 Å². The number of carbonyl (C=O) groups is 1. The number of hydrogen-bond acceptors (Lipinski definition) is 8. The molecule has 0 radical (unpaired) electrons. The van der Waals surface area contributed by atoms with E-state index in [1.165, 1.54) is 11.3 Å². The van der Waals surface area contributed by atoms with Crippen LogP contribution in [0, 0.1) is 0 Å². The van der Waals surface area contributed by atoms with E-state index >= 15 is 0 Å². The van der Waals surface area contributed by atoms with Gasteiger partial charge in [0, 0.05) is 15.4 Å². The van der Waals surface area contributed by atoms with Gasteiger partial charge in [-0.1, -0.05) is 34.1 Å². The Morgan fingerprint density at radius 2 is 2.13 bits per heavy atom. The van der Waals surface area contributed by atoms with Gasteiger partial charge in [-0.05, 0) is 36.8 Å². The number of hydrazone groups is 1. The zero-order chi connectivity index (χ0) is 22.1. The number of thiazole rings is 1. The van der Waals surface area contributed by atoms with E-state index in [4.69, 9.17) is 14.2 Å². The van der Waals surface area contributed by atoms with Crippen LogP contribution in [0.25, 0.3) is 0 Å². The average Bonchev–Trinajstić information content (AvgIpc) is 3.19. The molecule has 3 aromatic rings. The van der Waals surface area contributed by atoms with Crippen molar-refractivity contribution in [3.63, 3.8) is 0 Å². The quantitative estimate of drug-likeness (QED) is 0.237. The Bertz CT molecular complexity index is 1050. The average molecular weight is 504 g/mol. The lowest BCUT2D eigenvalue weighted by Crippen LogP contribution is -2.07. The first kappa shape index (κ1) is 22.8. The van der Waals surface area contributed by atoms with Crippen molar-refractivity contribution in [3.05, 3.63) is 69.1 Å². The predicted octanol–water partition coefficient (Wildman–Crippen LogP) is 5.04. The molecule has 0 aliphatic rings. The largest absolute Gasteiger partial charge is 0.493 e. The van der Waals surface area contributed by atoms with Crippen molar-refractivity contribution in [2.24, 2.45) is 5.10 Å². The Balaban J connectivity index is 1.67. The number of halogens is 1. The smallest absolute Gasteiger partial charge is 0.311 e. The van der Waals surface area contributed by atoms with Crippen molar-refractivity contribution >= 4 is 44.6 Å². The molecule has 1 heterocycles. The molecule has 31 heavy (non-hydrogen) atoms.